The Morgan fingerprint density at radius 2 is 1.86 bits per heavy atom. The zero-order valence-electron chi connectivity index (χ0n) is 12.9. The van der Waals surface area contributed by atoms with Crippen molar-refractivity contribution in [1.29, 1.82) is 0 Å². The van der Waals surface area contributed by atoms with Crippen LogP contribution in [-0.4, -0.2) is 23.5 Å². The van der Waals surface area contributed by atoms with Crippen molar-refractivity contribution in [3.8, 4) is 5.75 Å². The zero-order chi connectivity index (χ0) is 15.8. The number of benzene rings is 1. The lowest BCUT2D eigenvalue weighted by Crippen LogP contribution is -2.34. The quantitative estimate of drug-likeness (QED) is 0.819. The van der Waals surface area contributed by atoms with Gasteiger partial charge in [0.2, 0.25) is 0 Å². The van der Waals surface area contributed by atoms with Crippen molar-refractivity contribution in [2.75, 3.05) is 6.61 Å². The van der Waals surface area contributed by atoms with Crippen molar-refractivity contribution in [1.82, 2.24) is 5.32 Å². The second-order valence-electron chi connectivity index (χ2n) is 6.59. The van der Waals surface area contributed by atoms with E-state index >= 15 is 0 Å². The van der Waals surface area contributed by atoms with Crippen LogP contribution in [0.1, 0.15) is 33.3 Å². The van der Waals surface area contributed by atoms with E-state index in [1.54, 1.807) is 12.1 Å². The lowest BCUT2D eigenvalue weighted by molar-refractivity contribution is -0.123. The Labute approximate surface area is 131 Å². The molecular formula is C16H22N2O2S. The number of amides is 1. The summed E-state index contributed by atoms with van der Waals surface area (Å²) < 4.78 is 5.55. The molecule has 0 spiro atoms. The van der Waals surface area contributed by atoms with Crippen molar-refractivity contribution in [3.05, 3.63) is 29.8 Å². The van der Waals surface area contributed by atoms with Crippen LogP contribution in [0.2, 0.25) is 0 Å². The Balaban J connectivity index is 1.93. The summed E-state index contributed by atoms with van der Waals surface area (Å²) in [4.78, 5) is 12.3. The number of rotatable bonds is 5. The largest absolute Gasteiger partial charge is 0.483 e. The van der Waals surface area contributed by atoms with Gasteiger partial charge in [-0.3, -0.25) is 4.79 Å². The van der Waals surface area contributed by atoms with Gasteiger partial charge in [0.25, 0.3) is 5.91 Å². The first-order chi connectivity index (χ1) is 9.68. The first-order valence-corrected chi connectivity index (χ1v) is 7.39. The third kappa shape index (κ3) is 2.88. The van der Waals surface area contributed by atoms with Crippen LogP contribution in [0.25, 0.3) is 0 Å². The molecule has 3 N–H and O–H groups in total. The molecule has 0 radical (unpaired) electrons. The van der Waals surface area contributed by atoms with E-state index in [4.69, 9.17) is 22.7 Å². The fourth-order valence-corrected chi connectivity index (χ4v) is 2.87. The monoisotopic (exact) mass is 306 g/mol. The summed E-state index contributed by atoms with van der Waals surface area (Å²) in [5.41, 5.74) is 6.50. The maximum absolute atomic E-state index is 12.0. The minimum atomic E-state index is -0.128. The fourth-order valence-electron chi connectivity index (χ4n) is 2.70. The Morgan fingerprint density at radius 3 is 2.38 bits per heavy atom. The van der Waals surface area contributed by atoms with E-state index in [1.165, 1.54) is 0 Å². The molecule has 0 aliphatic heterocycles. The number of carbonyl (C=O) groups excluding carboxylic acids is 1. The third-order valence-corrected chi connectivity index (χ3v) is 5.06. The first-order valence-electron chi connectivity index (χ1n) is 6.99. The van der Waals surface area contributed by atoms with E-state index in [1.807, 2.05) is 12.1 Å². The van der Waals surface area contributed by atoms with Crippen molar-refractivity contribution < 1.29 is 9.53 Å². The lowest BCUT2D eigenvalue weighted by atomic mass is 10.0. The molecule has 21 heavy (non-hydrogen) atoms. The summed E-state index contributed by atoms with van der Waals surface area (Å²) in [6.45, 7) is 8.58. The predicted octanol–water partition coefficient (Wildman–Crippen LogP) is 2.25. The van der Waals surface area contributed by atoms with Crippen LogP contribution in [0, 0.1) is 10.8 Å². The van der Waals surface area contributed by atoms with Gasteiger partial charge < -0.3 is 15.8 Å². The van der Waals surface area contributed by atoms with Gasteiger partial charge in [-0.25, -0.2) is 0 Å². The van der Waals surface area contributed by atoms with Gasteiger partial charge in [0.05, 0.1) is 5.56 Å². The molecule has 0 unspecified atom stereocenters. The number of hydrogen-bond donors (Lipinski definition) is 2. The minimum Gasteiger partial charge on any atom is -0.483 e. The second kappa shape index (κ2) is 5.30. The van der Waals surface area contributed by atoms with Gasteiger partial charge in [0.15, 0.2) is 6.61 Å². The highest BCUT2D eigenvalue weighted by molar-refractivity contribution is 7.80. The molecule has 1 aliphatic carbocycles. The van der Waals surface area contributed by atoms with E-state index < -0.39 is 0 Å². The van der Waals surface area contributed by atoms with Crippen LogP contribution in [0.15, 0.2) is 24.3 Å². The molecule has 1 amide bonds. The first kappa shape index (κ1) is 15.8. The summed E-state index contributed by atoms with van der Waals surface area (Å²) in [5.74, 6) is 0.408. The Hall–Kier alpha value is -1.62. The van der Waals surface area contributed by atoms with Gasteiger partial charge >= 0.3 is 0 Å². The molecule has 114 valence electrons. The van der Waals surface area contributed by atoms with E-state index in [0.717, 1.165) is 0 Å². The number of carbonyl (C=O) groups is 1. The predicted molar refractivity (Wildman–Crippen MR) is 87.3 cm³/mol. The number of nitrogens with one attached hydrogen (secondary N) is 1. The van der Waals surface area contributed by atoms with Crippen LogP contribution in [0.4, 0.5) is 0 Å². The molecule has 1 aromatic carbocycles. The molecule has 0 saturated heterocycles. The number of para-hydroxylation sites is 1. The molecule has 0 heterocycles. The summed E-state index contributed by atoms with van der Waals surface area (Å²) in [5, 5.41) is 3.03. The maximum atomic E-state index is 12.0. The number of nitrogens with two attached hydrogens (primary N) is 1. The molecule has 1 fully saturated rings. The highest BCUT2D eigenvalue weighted by Crippen LogP contribution is 2.62. The average Bonchev–Trinajstić information content (AvgIpc) is 2.79. The van der Waals surface area contributed by atoms with Crippen LogP contribution < -0.4 is 15.8 Å². The van der Waals surface area contributed by atoms with Gasteiger partial charge in [-0.2, -0.15) is 0 Å². The molecule has 2 rings (SSSR count). The molecule has 4 nitrogen and oxygen atoms in total. The number of thiocarbonyl (C=S) groups is 1. The summed E-state index contributed by atoms with van der Waals surface area (Å²) in [6.07, 6.45) is 0. The number of hydrogen-bond acceptors (Lipinski definition) is 3. The van der Waals surface area contributed by atoms with Crippen LogP contribution >= 0.6 is 12.2 Å². The second-order valence-corrected chi connectivity index (χ2v) is 7.03. The molecule has 0 bridgehead atoms. The highest BCUT2D eigenvalue weighted by Gasteiger charge is 2.65. The number of ether oxygens (including phenoxy) is 1. The smallest absolute Gasteiger partial charge is 0.258 e. The van der Waals surface area contributed by atoms with Crippen LogP contribution in [0.5, 0.6) is 5.75 Å². The molecule has 1 aromatic rings. The Bertz CT molecular complexity index is 567. The minimum absolute atomic E-state index is 0.0394. The molecular weight excluding hydrogens is 284 g/mol. The fraction of sp³-hybridized carbons (Fsp3) is 0.500. The van der Waals surface area contributed by atoms with Gasteiger partial charge in [-0.15, -0.1) is 0 Å². The standard InChI is InChI=1S/C16H22N2O2S/c1-15(2)14(16(15,3)4)18-12(19)9-20-11-8-6-5-7-10(11)13(17)21/h5-8,14H,9H2,1-4H3,(H2,17,21)(H,18,19). The van der Waals surface area contributed by atoms with E-state index in [9.17, 15) is 4.79 Å². The topological polar surface area (TPSA) is 64.3 Å². The van der Waals surface area contributed by atoms with Crippen molar-refractivity contribution in [2.45, 2.75) is 33.7 Å². The summed E-state index contributed by atoms with van der Waals surface area (Å²) in [7, 11) is 0. The summed E-state index contributed by atoms with van der Waals surface area (Å²) >= 11 is 4.97. The van der Waals surface area contributed by atoms with Crippen LogP contribution in [0.3, 0.4) is 0 Å². The van der Waals surface area contributed by atoms with Crippen molar-refractivity contribution in [2.24, 2.45) is 16.6 Å². The van der Waals surface area contributed by atoms with Crippen LogP contribution in [-0.2, 0) is 4.79 Å². The van der Waals surface area contributed by atoms with Crippen molar-refractivity contribution in [3.63, 3.8) is 0 Å². The SMILES string of the molecule is CC1(C)C(NC(=O)COc2ccccc2C(N)=S)C1(C)C. The summed E-state index contributed by atoms with van der Waals surface area (Å²) in [6, 6.07) is 7.36. The molecule has 0 aromatic heterocycles. The van der Waals surface area contributed by atoms with Gasteiger partial charge in [-0.1, -0.05) is 52.0 Å². The Kier molecular flexibility index (Phi) is 3.97. The molecule has 1 saturated carbocycles. The normalized spacial score (nSPS) is 18.9. The van der Waals surface area contributed by atoms with Gasteiger partial charge in [0, 0.05) is 6.04 Å². The van der Waals surface area contributed by atoms with Gasteiger partial charge in [0.1, 0.15) is 10.7 Å². The average molecular weight is 306 g/mol. The zero-order valence-corrected chi connectivity index (χ0v) is 13.7. The highest BCUT2D eigenvalue weighted by atomic mass is 32.1. The molecule has 5 heteroatoms. The lowest BCUT2D eigenvalue weighted by Gasteiger charge is -2.11. The van der Waals surface area contributed by atoms with Crippen molar-refractivity contribution >= 4 is 23.1 Å². The third-order valence-electron chi connectivity index (χ3n) is 4.84. The molecule has 0 atom stereocenters. The maximum Gasteiger partial charge on any atom is 0.258 e. The van der Waals surface area contributed by atoms with E-state index in [0.29, 0.717) is 11.3 Å². The Morgan fingerprint density at radius 1 is 1.29 bits per heavy atom. The van der Waals surface area contributed by atoms with E-state index in [2.05, 4.69) is 33.0 Å². The van der Waals surface area contributed by atoms with E-state index in [-0.39, 0.29) is 34.4 Å². The molecule has 1 aliphatic rings. The van der Waals surface area contributed by atoms with Gasteiger partial charge in [-0.05, 0) is 23.0 Å².